The first-order chi connectivity index (χ1) is 10.7. The second-order valence-electron chi connectivity index (χ2n) is 4.80. The van der Waals surface area contributed by atoms with Gasteiger partial charge in [-0.15, -0.1) is 0 Å². The average molecular weight is 356 g/mol. The second kappa shape index (κ2) is 6.51. The number of benzene rings is 1. The minimum Gasteiger partial charge on any atom is -0.333 e. The van der Waals surface area contributed by atoms with Crippen molar-refractivity contribution in [3.8, 4) is 0 Å². The van der Waals surface area contributed by atoms with Gasteiger partial charge in [0.2, 0.25) is 5.82 Å². The zero-order valence-electron chi connectivity index (χ0n) is 12.4. The van der Waals surface area contributed by atoms with Crippen LogP contribution in [0, 0.1) is 10.1 Å². The van der Waals surface area contributed by atoms with Crippen LogP contribution < -0.4 is 5.32 Å². The van der Waals surface area contributed by atoms with Crippen LogP contribution in [0.15, 0.2) is 35.4 Å². The fourth-order valence-electron chi connectivity index (χ4n) is 2.01. The fraction of sp³-hybridized carbons (Fsp3) is 0.214. The molecule has 9 heteroatoms. The maximum atomic E-state index is 11.8. The molecule has 1 aromatic carbocycles. The lowest BCUT2D eigenvalue weighted by atomic mass is 10.1. The van der Waals surface area contributed by atoms with Crippen molar-refractivity contribution in [2.75, 3.05) is 11.6 Å². The van der Waals surface area contributed by atoms with E-state index in [-0.39, 0.29) is 22.1 Å². The number of sulfone groups is 1. The highest BCUT2D eigenvalue weighted by Crippen LogP contribution is 2.33. The lowest BCUT2D eigenvalue weighted by Gasteiger charge is -2.11. The molecule has 23 heavy (non-hydrogen) atoms. The number of nitro groups is 1. The highest BCUT2D eigenvalue weighted by atomic mass is 35.5. The first kappa shape index (κ1) is 17.2. The number of para-hydroxylation sites is 1. The summed E-state index contributed by atoms with van der Waals surface area (Å²) in [6, 6.07) is 7.86. The van der Waals surface area contributed by atoms with E-state index >= 15 is 0 Å². The Hall–Kier alpha value is -2.19. The van der Waals surface area contributed by atoms with Gasteiger partial charge in [0.15, 0.2) is 14.9 Å². The van der Waals surface area contributed by atoms with E-state index < -0.39 is 14.8 Å². The van der Waals surface area contributed by atoms with Crippen LogP contribution in [0.5, 0.6) is 0 Å². The molecule has 0 saturated heterocycles. The van der Waals surface area contributed by atoms with Gasteiger partial charge in [-0.2, -0.15) is 0 Å². The lowest BCUT2D eigenvalue weighted by molar-refractivity contribution is -0.384. The molecule has 1 heterocycles. The van der Waals surface area contributed by atoms with Gasteiger partial charge in [-0.1, -0.05) is 30.7 Å². The highest BCUT2D eigenvalue weighted by Gasteiger charge is 2.25. The van der Waals surface area contributed by atoms with E-state index in [2.05, 4.69) is 10.3 Å². The largest absolute Gasteiger partial charge is 0.333 e. The van der Waals surface area contributed by atoms with Crippen molar-refractivity contribution in [1.29, 1.82) is 0 Å². The molecule has 7 nitrogen and oxygen atoms in total. The summed E-state index contributed by atoms with van der Waals surface area (Å²) in [5, 5.41) is 14.3. The van der Waals surface area contributed by atoms with Crippen LogP contribution in [0.1, 0.15) is 12.5 Å². The SMILES string of the molecule is CCc1cc(S(C)(=O)=O)nc(Nc2ccccc2Cl)c1[N+](=O)[O-]. The summed E-state index contributed by atoms with van der Waals surface area (Å²) in [5.41, 5.74) is 0.414. The minimum atomic E-state index is -3.61. The van der Waals surface area contributed by atoms with Crippen LogP contribution in [-0.2, 0) is 16.3 Å². The molecule has 0 bridgehead atoms. The number of rotatable bonds is 5. The number of nitrogens with zero attached hydrogens (tertiary/aromatic N) is 2. The minimum absolute atomic E-state index is 0.150. The van der Waals surface area contributed by atoms with Crippen LogP contribution >= 0.6 is 11.6 Å². The first-order valence-corrected chi connectivity index (χ1v) is 8.91. The number of nitrogens with one attached hydrogen (secondary N) is 1. The van der Waals surface area contributed by atoms with Crippen molar-refractivity contribution >= 4 is 38.6 Å². The van der Waals surface area contributed by atoms with Crippen molar-refractivity contribution in [2.24, 2.45) is 0 Å². The molecule has 122 valence electrons. The average Bonchev–Trinajstić information content (AvgIpc) is 2.47. The van der Waals surface area contributed by atoms with Crippen LogP contribution in [-0.4, -0.2) is 24.6 Å². The first-order valence-electron chi connectivity index (χ1n) is 6.64. The third kappa shape index (κ3) is 3.77. The van der Waals surface area contributed by atoms with Gasteiger partial charge in [0.25, 0.3) is 0 Å². The number of aryl methyl sites for hydroxylation is 1. The summed E-state index contributed by atoms with van der Waals surface area (Å²) in [4.78, 5) is 14.7. The van der Waals surface area contributed by atoms with Crippen molar-refractivity contribution in [3.63, 3.8) is 0 Å². The Labute approximate surface area is 138 Å². The molecule has 0 spiro atoms. The van der Waals surface area contributed by atoms with Gasteiger partial charge >= 0.3 is 5.69 Å². The maximum Gasteiger partial charge on any atom is 0.314 e. The molecule has 0 radical (unpaired) electrons. The molecule has 0 aliphatic carbocycles. The van der Waals surface area contributed by atoms with Crippen molar-refractivity contribution in [1.82, 2.24) is 4.98 Å². The van der Waals surface area contributed by atoms with E-state index in [9.17, 15) is 18.5 Å². The summed E-state index contributed by atoms with van der Waals surface area (Å²) in [6.45, 7) is 1.70. The lowest BCUT2D eigenvalue weighted by Crippen LogP contribution is -2.09. The third-order valence-electron chi connectivity index (χ3n) is 3.12. The number of pyridine rings is 1. The van der Waals surface area contributed by atoms with Gasteiger partial charge in [0.1, 0.15) is 0 Å². The number of hydrogen-bond donors (Lipinski definition) is 1. The highest BCUT2D eigenvalue weighted by molar-refractivity contribution is 7.90. The van der Waals surface area contributed by atoms with E-state index in [1.54, 1.807) is 31.2 Å². The number of hydrogen-bond acceptors (Lipinski definition) is 6. The summed E-state index contributed by atoms with van der Waals surface area (Å²) in [6.07, 6.45) is 1.29. The van der Waals surface area contributed by atoms with E-state index in [1.165, 1.54) is 6.07 Å². The number of halogens is 1. The fourth-order valence-corrected chi connectivity index (χ4v) is 2.80. The van der Waals surface area contributed by atoms with Crippen LogP contribution in [0.4, 0.5) is 17.2 Å². The third-order valence-corrected chi connectivity index (χ3v) is 4.42. The number of anilines is 2. The molecule has 0 aliphatic heterocycles. The molecule has 0 atom stereocenters. The molecule has 1 N–H and O–H groups in total. The molecule has 2 aromatic rings. The van der Waals surface area contributed by atoms with Crippen LogP contribution in [0.3, 0.4) is 0 Å². The zero-order valence-corrected chi connectivity index (χ0v) is 14.0. The normalized spacial score (nSPS) is 11.3. The predicted molar refractivity (Wildman–Crippen MR) is 88.1 cm³/mol. The monoisotopic (exact) mass is 355 g/mol. The van der Waals surface area contributed by atoms with E-state index in [4.69, 9.17) is 11.6 Å². The van der Waals surface area contributed by atoms with E-state index in [0.717, 1.165) is 6.26 Å². The van der Waals surface area contributed by atoms with Crippen molar-refractivity contribution in [2.45, 2.75) is 18.4 Å². The topological polar surface area (TPSA) is 102 Å². The van der Waals surface area contributed by atoms with Crippen molar-refractivity contribution < 1.29 is 13.3 Å². The molecule has 0 fully saturated rings. The predicted octanol–water partition coefficient (Wildman–Crippen LogP) is 3.35. The molecule has 0 aliphatic rings. The van der Waals surface area contributed by atoms with Gasteiger partial charge in [0.05, 0.1) is 15.6 Å². The summed E-state index contributed by atoms with van der Waals surface area (Å²) >= 11 is 6.03. The summed E-state index contributed by atoms with van der Waals surface area (Å²) in [7, 11) is -3.61. The van der Waals surface area contributed by atoms with E-state index in [0.29, 0.717) is 17.1 Å². The quantitative estimate of drug-likeness (QED) is 0.651. The molecule has 0 unspecified atom stereocenters. The Morgan fingerprint density at radius 2 is 2.00 bits per heavy atom. The van der Waals surface area contributed by atoms with E-state index in [1.807, 2.05) is 0 Å². The van der Waals surface area contributed by atoms with Gasteiger partial charge in [-0.25, -0.2) is 13.4 Å². The van der Waals surface area contributed by atoms with Crippen molar-refractivity contribution in [3.05, 3.63) is 51.0 Å². The Morgan fingerprint density at radius 3 is 2.52 bits per heavy atom. The Morgan fingerprint density at radius 1 is 1.35 bits per heavy atom. The Balaban J connectivity index is 2.68. The molecular weight excluding hydrogens is 342 g/mol. The summed E-state index contributed by atoms with van der Waals surface area (Å²) in [5.74, 6) is -0.150. The molecular formula is C14H14ClN3O4S. The molecule has 0 amide bonds. The van der Waals surface area contributed by atoms with Crippen LogP contribution in [0.2, 0.25) is 5.02 Å². The maximum absolute atomic E-state index is 11.8. The smallest absolute Gasteiger partial charge is 0.314 e. The molecule has 1 aromatic heterocycles. The van der Waals surface area contributed by atoms with Gasteiger partial charge < -0.3 is 5.32 Å². The van der Waals surface area contributed by atoms with Crippen LogP contribution in [0.25, 0.3) is 0 Å². The number of aromatic nitrogens is 1. The summed E-state index contributed by atoms with van der Waals surface area (Å²) < 4.78 is 23.5. The molecule has 0 saturated carbocycles. The second-order valence-corrected chi connectivity index (χ2v) is 7.17. The van der Waals surface area contributed by atoms with Gasteiger partial charge in [0, 0.05) is 11.8 Å². The molecule has 2 rings (SSSR count). The standard InChI is InChI=1S/C14H14ClN3O4S/c1-3-9-8-12(23(2,21)22)17-14(13(9)18(19)20)16-11-7-5-4-6-10(11)15/h4-8H,3H2,1-2H3,(H,16,17). The van der Waals surface area contributed by atoms with Gasteiger partial charge in [-0.05, 0) is 24.6 Å². The zero-order chi connectivity index (χ0) is 17.2. The Bertz CT molecular complexity index is 868. The Kier molecular flexibility index (Phi) is 4.86. The van der Waals surface area contributed by atoms with Gasteiger partial charge in [-0.3, -0.25) is 10.1 Å².